The van der Waals surface area contributed by atoms with Gasteiger partial charge in [-0.2, -0.15) is 0 Å². The molecular formula is C11H14ClN3O3. The Morgan fingerprint density at radius 1 is 1.50 bits per heavy atom. The number of halogens is 1. The van der Waals surface area contributed by atoms with Crippen LogP contribution in [0.4, 0.5) is 11.4 Å². The van der Waals surface area contributed by atoms with E-state index >= 15 is 0 Å². The first-order chi connectivity index (χ1) is 8.32. The van der Waals surface area contributed by atoms with E-state index in [9.17, 15) is 14.9 Å². The van der Waals surface area contributed by atoms with Crippen LogP contribution in [0, 0.1) is 16.0 Å². The van der Waals surface area contributed by atoms with Crippen LogP contribution in [0.15, 0.2) is 18.2 Å². The predicted octanol–water partition coefficient (Wildman–Crippen LogP) is 2.17. The third-order valence-electron chi connectivity index (χ3n) is 2.45. The van der Waals surface area contributed by atoms with Crippen molar-refractivity contribution in [3.63, 3.8) is 0 Å². The number of anilines is 1. The first-order valence-corrected chi connectivity index (χ1v) is 5.70. The highest BCUT2D eigenvalue weighted by atomic mass is 35.5. The molecule has 0 saturated heterocycles. The van der Waals surface area contributed by atoms with Crippen molar-refractivity contribution in [1.29, 1.82) is 0 Å². The Morgan fingerprint density at radius 2 is 2.11 bits per heavy atom. The zero-order chi connectivity index (χ0) is 13.9. The van der Waals surface area contributed by atoms with Crippen LogP contribution in [-0.4, -0.2) is 16.9 Å². The Morgan fingerprint density at radius 3 is 2.50 bits per heavy atom. The van der Waals surface area contributed by atoms with Crippen molar-refractivity contribution in [1.82, 2.24) is 0 Å². The fourth-order valence-corrected chi connectivity index (χ4v) is 1.70. The van der Waals surface area contributed by atoms with E-state index in [0.29, 0.717) is 5.69 Å². The zero-order valence-electron chi connectivity index (χ0n) is 10.0. The van der Waals surface area contributed by atoms with E-state index in [-0.39, 0.29) is 16.6 Å². The van der Waals surface area contributed by atoms with Crippen LogP contribution in [0.5, 0.6) is 0 Å². The number of nitrogens with one attached hydrogen (secondary N) is 1. The lowest BCUT2D eigenvalue weighted by atomic mass is 10.0. The smallest absolute Gasteiger partial charge is 0.271 e. The second kappa shape index (κ2) is 5.68. The first-order valence-electron chi connectivity index (χ1n) is 5.32. The van der Waals surface area contributed by atoms with Crippen LogP contribution >= 0.6 is 11.6 Å². The molecule has 0 aliphatic heterocycles. The number of carbonyl (C=O) groups excluding carboxylic acids is 1. The molecule has 1 aromatic rings. The fourth-order valence-electron chi connectivity index (χ4n) is 1.47. The molecule has 0 fully saturated rings. The lowest BCUT2D eigenvalue weighted by Gasteiger charge is -2.20. The Balaban J connectivity index is 2.97. The molecule has 1 aromatic carbocycles. The Labute approximate surface area is 109 Å². The van der Waals surface area contributed by atoms with Crippen LogP contribution in [0.2, 0.25) is 5.02 Å². The van der Waals surface area contributed by atoms with Gasteiger partial charge in [0.05, 0.1) is 15.6 Å². The summed E-state index contributed by atoms with van der Waals surface area (Å²) < 4.78 is 0. The molecule has 7 heteroatoms. The second-order valence-electron chi connectivity index (χ2n) is 4.19. The number of amides is 1. The van der Waals surface area contributed by atoms with Gasteiger partial charge in [-0.05, 0) is 12.0 Å². The molecule has 0 saturated carbocycles. The maximum absolute atomic E-state index is 11.2. The van der Waals surface area contributed by atoms with Crippen molar-refractivity contribution >= 4 is 28.9 Å². The third kappa shape index (κ3) is 3.33. The molecule has 0 heterocycles. The zero-order valence-corrected chi connectivity index (χ0v) is 10.8. The average molecular weight is 272 g/mol. The highest BCUT2D eigenvalue weighted by Gasteiger charge is 2.20. The van der Waals surface area contributed by atoms with E-state index < -0.39 is 16.9 Å². The molecule has 1 rings (SSSR count). The molecule has 18 heavy (non-hydrogen) atoms. The quantitative estimate of drug-likeness (QED) is 0.633. The van der Waals surface area contributed by atoms with Gasteiger partial charge in [-0.15, -0.1) is 0 Å². The number of hydrogen-bond acceptors (Lipinski definition) is 4. The SMILES string of the molecule is CC(C)[C@@H](Nc1ccc([N+](=O)[O-])cc1Cl)C(N)=O. The molecule has 98 valence electrons. The molecule has 0 unspecified atom stereocenters. The van der Waals surface area contributed by atoms with E-state index in [0.717, 1.165) is 0 Å². The Kier molecular flexibility index (Phi) is 4.49. The van der Waals surface area contributed by atoms with Gasteiger partial charge in [0.1, 0.15) is 6.04 Å². The van der Waals surface area contributed by atoms with Gasteiger partial charge in [-0.3, -0.25) is 14.9 Å². The molecular weight excluding hydrogens is 258 g/mol. The van der Waals surface area contributed by atoms with Crippen molar-refractivity contribution in [2.45, 2.75) is 19.9 Å². The molecule has 0 radical (unpaired) electrons. The largest absolute Gasteiger partial charge is 0.372 e. The van der Waals surface area contributed by atoms with Crippen LogP contribution in [0.25, 0.3) is 0 Å². The number of benzene rings is 1. The summed E-state index contributed by atoms with van der Waals surface area (Å²) in [6.07, 6.45) is 0. The second-order valence-corrected chi connectivity index (χ2v) is 4.60. The van der Waals surface area contributed by atoms with Gasteiger partial charge in [-0.25, -0.2) is 0 Å². The molecule has 0 aliphatic carbocycles. The van der Waals surface area contributed by atoms with Gasteiger partial charge in [0.25, 0.3) is 5.69 Å². The highest BCUT2D eigenvalue weighted by Crippen LogP contribution is 2.27. The van der Waals surface area contributed by atoms with Crippen LogP contribution in [0.3, 0.4) is 0 Å². The molecule has 1 atom stereocenters. The normalized spacial score (nSPS) is 12.2. The minimum atomic E-state index is -0.580. The van der Waals surface area contributed by atoms with Gasteiger partial charge in [-0.1, -0.05) is 25.4 Å². The summed E-state index contributed by atoms with van der Waals surface area (Å²) in [6, 6.07) is 3.41. The third-order valence-corrected chi connectivity index (χ3v) is 2.76. The number of rotatable bonds is 5. The molecule has 6 nitrogen and oxygen atoms in total. The lowest BCUT2D eigenvalue weighted by Crippen LogP contribution is -2.39. The number of nitrogens with zero attached hydrogens (tertiary/aromatic N) is 1. The van der Waals surface area contributed by atoms with E-state index in [2.05, 4.69) is 5.32 Å². The molecule has 1 amide bonds. The number of primary amides is 1. The molecule has 0 aromatic heterocycles. The van der Waals surface area contributed by atoms with Crippen molar-refractivity contribution in [3.05, 3.63) is 33.3 Å². The summed E-state index contributed by atoms with van der Waals surface area (Å²) in [6.45, 7) is 3.67. The van der Waals surface area contributed by atoms with Crippen molar-refractivity contribution in [3.8, 4) is 0 Å². The van der Waals surface area contributed by atoms with Crippen LogP contribution in [0.1, 0.15) is 13.8 Å². The maximum atomic E-state index is 11.2. The Hall–Kier alpha value is -1.82. The lowest BCUT2D eigenvalue weighted by molar-refractivity contribution is -0.384. The van der Waals surface area contributed by atoms with E-state index in [1.807, 2.05) is 13.8 Å². The van der Waals surface area contributed by atoms with Gasteiger partial charge in [0.2, 0.25) is 5.91 Å². The number of carbonyl (C=O) groups is 1. The van der Waals surface area contributed by atoms with Crippen molar-refractivity contribution in [2.24, 2.45) is 11.7 Å². The van der Waals surface area contributed by atoms with Crippen LogP contribution in [-0.2, 0) is 4.79 Å². The summed E-state index contributed by atoms with van der Waals surface area (Å²) in [7, 11) is 0. The standard InChI is InChI=1S/C11H14ClN3O3/c1-6(2)10(11(13)16)14-9-4-3-7(15(17)18)5-8(9)12/h3-6,10,14H,1-2H3,(H2,13,16)/t10-/m1/s1. The summed E-state index contributed by atoms with van der Waals surface area (Å²) in [5.41, 5.74) is 5.60. The summed E-state index contributed by atoms with van der Waals surface area (Å²) >= 11 is 5.91. The van der Waals surface area contributed by atoms with Crippen molar-refractivity contribution in [2.75, 3.05) is 5.32 Å². The summed E-state index contributed by atoms with van der Waals surface area (Å²) in [4.78, 5) is 21.3. The number of hydrogen-bond donors (Lipinski definition) is 2. The van der Waals surface area contributed by atoms with E-state index in [1.165, 1.54) is 18.2 Å². The number of nitro benzene ring substituents is 1. The summed E-state index contributed by atoms with van der Waals surface area (Å²) in [5, 5.41) is 13.6. The number of nitro groups is 1. The van der Waals surface area contributed by atoms with E-state index in [1.54, 1.807) is 0 Å². The molecule has 0 aliphatic rings. The van der Waals surface area contributed by atoms with Gasteiger partial charge in [0.15, 0.2) is 0 Å². The topological polar surface area (TPSA) is 98.3 Å². The minimum absolute atomic E-state index is 0.0197. The highest BCUT2D eigenvalue weighted by molar-refractivity contribution is 6.33. The predicted molar refractivity (Wildman–Crippen MR) is 69.5 cm³/mol. The fraction of sp³-hybridized carbons (Fsp3) is 0.364. The molecule has 3 N–H and O–H groups in total. The number of non-ortho nitro benzene ring substituents is 1. The minimum Gasteiger partial charge on any atom is -0.372 e. The monoisotopic (exact) mass is 271 g/mol. The molecule has 0 spiro atoms. The van der Waals surface area contributed by atoms with Gasteiger partial charge in [0, 0.05) is 12.1 Å². The Bertz CT molecular complexity index is 477. The van der Waals surface area contributed by atoms with Gasteiger partial charge >= 0.3 is 0 Å². The van der Waals surface area contributed by atoms with E-state index in [4.69, 9.17) is 17.3 Å². The average Bonchev–Trinajstić information content (AvgIpc) is 2.25. The van der Waals surface area contributed by atoms with Gasteiger partial charge < -0.3 is 11.1 Å². The van der Waals surface area contributed by atoms with Crippen LogP contribution < -0.4 is 11.1 Å². The maximum Gasteiger partial charge on any atom is 0.271 e. The number of nitrogens with two attached hydrogens (primary N) is 1. The molecule has 0 bridgehead atoms. The summed E-state index contributed by atoms with van der Waals surface area (Å²) in [5.74, 6) is -0.520. The van der Waals surface area contributed by atoms with Crippen molar-refractivity contribution < 1.29 is 9.72 Å². The first kappa shape index (κ1) is 14.2.